The van der Waals surface area contributed by atoms with E-state index in [0.717, 1.165) is 43.1 Å². The van der Waals surface area contributed by atoms with Crippen molar-refractivity contribution in [1.82, 2.24) is 10.2 Å². The number of thiophene rings is 1. The fraction of sp³-hybridized carbons (Fsp3) is 0.643. The molecule has 0 unspecified atom stereocenters. The van der Waals surface area contributed by atoms with E-state index in [9.17, 15) is 4.79 Å². The zero-order valence-electron chi connectivity index (χ0n) is 11.6. The van der Waals surface area contributed by atoms with Gasteiger partial charge in [-0.1, -0.05) is 6.92 Å². The Balaban J connectivity index is 1.72. The van der Waals surface area contributed by atoms with Gasteiger partial charge in [-0.15, -0.1) is 11.3 Å². The highest BCUT2D eigenvalue weighted by atomic mass is 32.1. The van der Waals surface area contributed by atoms with Crippen LogP contribution in [-0.2, 0) is 4.74 Å². The first kappa shape index (κ1) is 14.5. The standard InChI is InChI=1S/C14H22N2O2S/c1-3-16-7-8-18-12(10-16)4-6-15-14(17)13-11(2)5-9-19-13/h5,9,12H,3-4,6-8,10H2,1-2H3,(H,15,17)/t12-/m0/s1. The number of ether oxygens (including phenoxy) is 1. The molecule has 1 aliphatic rings. The van der Waals surface area contributed by atoms with Gasteiger partial charge in [-0.2, -0.15) is 0 Å². The largest absolute Gasteiger partial charge is 0.375 e. The second kappa shape index (κ2) is 7.03. The molecule has 1 N–H and O–H groups in total. The maximum Gasteiger partial charge on any atom is 0.261 e. The predicted octanol–water partition coefficient (Wildman–Crippen LogP) is 1.90. The number of aryl methyl sites for hydroxylation is 1. The second-order valence-electron chi connectivity index (χ2n) is 4.86. The topological polar surface area (TPSA) is 41.6 Å². The summed E-state index contributed by atoms with van der Waals surface area (Å²) in [5, 5.41) is 4.93. The molecule has 1 aromatic heterocycles. The van der Waals surface area contributed by atoms with Crippen molar-refractivity contribution in [1.29, 1.82) is 0 Å². The van der Waals surface area contributed by atoms with Crippen LogP contribution in [-0.4, -0.2) is 49.7 Å². The van der Waals surface area contributed by atoms with Crippen LogP contribution in [0.25, 0.3) is 0 Å². The Kier molecular flexibility index (Phi) is 5.36. The lowest BCUT2D eigenvalue weighted by Gasteiger charge is -2.32. The van der Waals surface area contributed by atoms with Crippen molar-refractivity contribution >= 4 is 17.2 Å². The number of morpholine rings is 1. The Hall–Kier alpha value is -0.910. The summed E-state index contributed by atoms with van der Waals surface area (Å²) in [6.45, 7) is 8.69. The Morgan fingerprint density at radius 3 is 3.16 bits per heavy atom. The first-order valence-corrected chi connectivity index (χ1v) is 7.75. The number of nitrogens with one attached hydrogen (secondary N) is 1. The highest BCUT2D eigenvalue weighted by Crippen LogP contribution is 2.15. The molecule has 1 aromatic rings. The third-order valence-electron chi connectivity index (χ3n) is 3.49. The van der Waals surface area contributed by atoms with Crippen LogP contribution in [0.1, 0.15) is 28.6 Å². The van der Waals surface area contributed by atoms with E-state index >= 15 is 0 Å². The predicted molar refractivity (Wildman–Crippen MR) is 77.9 cm³/mol. The number of hydrogen-bond acceptors (Lipinski definition) is 4. The molecule has 1 amide bonds. The van der Waals surface area contributed by atoms with E-state index in [2.05, 4.69) is 17.1 Å². The van der Waals surface area contributed by atoms with Gasteiger partial charge < -0.3 is 10.1 Å². The van der Waals surface area contributed by atoms with Gasteiger partial charge in [-0.3, -0.25) is 9.69 Å². The molecule has 1 atom stereocenters. The molecule has 106 valence electrons. The van der Waals surface area contributed by atoms with Crippen molar-refractivity contribution in [2.45, 2.75) is 26.4 Å². The maximum absolute atomic E-state index is 11.9. The van der Waals surface area contributed by atoms with Crippen LogP contribution in [0.2, 0.25) is 0 Å². The summed E-state index contributed by atoms with van der Waals surface area (Å²) >= 11 is 1.50. The minimum atomic E-state index is 0.0376. The van der Waals surface area contributed by atoms with Crippen molar-refractivity contribution in [3.63, 3.8) is 0 Å². The summed E-state index contributed by atoms with van der Waals surface area (Å²) in [6.07, 6.45) is 1.13. The lowest BCUT2D eigenvalue weighted by molar-refractivity contribution is -0.0296. The zero-order chi connectivity index (χ0) is 13.7. The van der Waals surface area contributed by atoms with Crippen LogP contribution >= 0.6 is 11.3 Å². The summed E-state index contributed by atoms with van der Waals surface area (Å²) < 4.78 is 5.72. The molecule has 0 aliphatic carbocycles. The van der Waals surface area contributed by atoms with Crippen LogP contribution in [0, 0.1) is 6.92 Å². The van der Waals surface area contributed by atoms with Gasteiger partial charge in [0.1, 0.15) is 0 Å². The number of carbonyl (C=O) groups is 1. The summed E-state index contributed by atoms with van der Waals surface area (Å²) in [5.41, 5.74) is 1.05. The molecule has 0 bridgehead atoms. The summed E-state index contributed by atoms with van der Waals surface area (Å²) in [5.74, 6) is 0.0376. The van der Waals surface area contributed by atoms with Gasteiger partial charge in [0, 0.05) is 19.6 Å². The number of carbonyl (C=O) groups excluding carboxylic acids is 1. The van der Waals surface area contributed by atoms with Crippen molar-refractivity contribution in [3.05, 3.63) is 21.9 Å². The number of likely N-dealkylation sites (N-methyl/N-ethyl adjacent to an activating group) is 1. The van der Waals surface area contributed by atoms with E-state index in [-0.39, 0.29) is 12.0 Å². The van der Waals surface area contributed by atoms with Crippen LogP contribution in [0.15, 0.2) is 11.4 Å². The fourth-order valence-electron chi connectivity index (χ4n) is 2.27. The fourth-order valence-corrected chi connectivity index (χ4v) is 3.12. The lowest BCUT2D eigenvalue weighted by atomic mass is 10.2. The molecule has 1 aliphatic heterocycles. The lowest BCUT2D eigenvalue weighted by Crippen LogP contribution is -2.43. The van der Waals surface area contributed by atoms with Crippen molar-refractivity contribution in [3.8, 4) is 0 Å². The minimum absolute atomic E-state index is 0.0376. The Labute approximate surface area is 118 Å². The van der Waals surface area contributed by atoms with E-state index in [4.69, 9.17) is 4.74 Å². The average Bonchev–Trinajstić information content (AvgIpc) is 2.85. The van der Waals surface area contributed by atoms with E-state index in [1.807, 2.05) is 18.4 Å². The van der Waals surface area contributed by atoms with E-state index in [1.165, 1.54) is 11.3 Å². The monoisotopic (exact) mass is 282 g/mol. The molecule has 1 saturated heterocycles. The highest BCUT2D eigenvalue weighted by molar-refractivity contribution is 7.12. The molecular weight excluding hydrogens is 260 g/mol. The molecule has 2 heterocycles. The van der Waals surface area contributed by atoms with E-state index in [0.29, 0.717) is 6.54 Å². The first-order valence-electron chi connectivity index (χ1n) is 6.87. The zero-order valence-corrected chi connectivity index (χ0v) is 12.5. The van der Waals surface area contributed by atoms with Gasteiger partial charge in [0.05, 0.1) is 17.6 Å². The van der Waals surface area contributed by atoms with E-state index < -0.39 is 0 Å². The highest BCUT2D eigenvalue weighted by Gasteiger charge is 2.19. The Morgan fingerprint density at radius 2 is 2.47 bits per heavy atom. The van der Waals surface area contributed by atoms with Gasteiger partial charge in [-0.25, -0.2) is 0 Å². The molecule has 5 heteroatoms. The number of nitrogens with zero attached hydrogens (tertiary/aromatic N) is 1. The molecule has 2 rings (SSSR count). The second-order valence-corrected chi connectivity index (χ2v) is 5.78. The van der Waals surface area contributed by atoms with Gasteiger partial charge in [-0.05, 0) is 36.9 Å². The van der Waals surface area contributed by atoms with Crippen LogP contribution in [0.4, 0.5) is 0 Å². The van der Waals surface area contributed by atoms with Gasteiger partial charge >= 0.3 is 0 Å². The number of amides is 1. The van der Waals surface area contributed by atoms with Crippen LogP contribution in [0.3, 0.4) is 0 Å². The molecule has 0 aromatic carbocycles. The van der Waals surface area contributed by atoms with Crippen LogP contribution < -0.4 is 5.32 Å². The molecule has 4 nitrogen and oxygen atoms in total. The maximum atomic E-state index is 11.9. The molecular formula is C14H22N2O2S. The van der Waals surface area contributed by atoms with Crippen LogP contribution in [0.5, 0.6) is 0 Å². The van der Waals surface area contributed by atoms with E-state index in [1.54, 1.807) is 0 Å². The molecule has 1 fully saturated rings. The normalized spacial score (nSPS) is 20.4. The SMILES string of the molecule is CCN1CCO[C@@H](CCNC(=O)c2sccc2C)C1. The van der Waals surface area contributed by atoms with Crippen molar-refractivity contribution < 1.29 is 9.53 Å². The number of rotatable bonds is 5. The Bertz CT molecular complexity index is 419. The van der Waals surface area contributed by atoms with Gasteiger partial charge in [0.25, 0.3) is 5.91 Å². The van der Waals surface area contributed by atoms with Crippen molar-refractivity contribution in [2.24, 2.45) is 0 Å². The molecule has 19 heavy (non-hydrogen) atoms. The smallest absolute Gasteiger partial charge is 0.261 e. The van der Waals surface area contributed by atoms with Gasteiger partial charge in [0.2, 0.25) is 0 Å². The minimum Gasteiger partial charge on any atom is -0.375 e. The quantitative estimate of drug-likeness (QED) is 0.897. The van der Waals surface area contributed by atoms with Gasteiger partial charge in [0.15, 0.2) is 0 Å². The third-order valence-corrected chi connectivity index (χ3v) is 4.51. The third kappa shape index (κ3) is 4.03. The summed E-state index contributed by atoms with van der Waals surface area (Å²) in [6, 6.07) is 1.98. The summed E-state index contributed by atoms with van der Waals surface area (Å²) in [7, 11) is 0. The number of hydrogen-bond donors (Lipinski definition) is 1. The Morgan fingerprint density at radius 1 is 1.63 bits per heavy atom. The molecule has 0 saturated carbocycles. The van der Waals surface area contributed by atoms with Crippen molar-refractivity contribution in [2.75, 3.05) is 32.8 Å². The molecule has 0 radical (unpaired) electrons. The summed E-state index contributed by atoms with van der Waals surface area (Å²) in [4.78, 5) is 15.1. The first-order chi connectivity index (χ1) is 9.20. The average molecular weight is 282 g/mol. The molecule has 0 spiro atoms.